The van der Waals surface area contributed by atoms with E-state index in [1.54, 1.807) is 0 Å². The van der Waals surface area contributed by atoms with Gasteiger partial charge in [-0.15, -0.1) is 10.2 Å². The molecule has 2 aliphatic heterocycles. The molecule has 0 N–H and O–H groups in total. The lowest BCUT2D eigenvalue weighted by atomic mass is 9.92. The highest BCUT2D eigenvalue weighted by molar-refractivity contribution is 5.79. The minimum Gasteiger partial charge on any atom is -0.493 e. The molecule has 5 rings (SSSR count). The Hall–Kier alpha value is -2.89. The first kappa shape index (κ1) is 17.2. The van der Waals surface area contributed by atoms with Gasteiger partial charge in [-0.05, 0) is 49.4 Å². The summed E-state index contributed by atoms with van der Waals surface area (Å²) in [5, 5.41) is 8.68. The SMILES string of the molecule is O=C([C@@H]1CCOc2ccccc2C1)N1CCC(c2nnc3ccccn23)CC1. The van der Waals surface area contributed by atoms with Crippen molar-refractivity contribution in [3.8, 4) is 5.75 Å². The number of carbonyl (C=O) groups is 1. The maximum absolute atomic E-state index is 13.2. The number of rotatable bonds is 2. The van der Waals surface area contributed by atoms with Gasteiger partial charge in [0.25, 0.3) is 0 Å². The first-order valence-corrected chi connectivity index (χ1v) is 10.1. The number of nitrogens with zero attached hydrogens (tertiary/aromatic N) is 4. The molecule has 2 aliphatic rings. The summed E-state index contributed by atoms with van der Waals surface area (Å²) in [5.74, 6) is 2.56. The lowest BCUT2D eigenvalue weighted by molar-refractivity contribution is -0.137. The third-order valence-electron chi connectivity index (χ3n) is 6.02. The van der Waals surface area contributed by atoms with Crippen LogP contribution >= 0.6 is 0 Å². The van der Waals surface area contributed by atoms with Gasteiger partial charge in [-0.2, -0.15) is 0 Å². The van der Waals surface area contributed by atoms with Gasteiger partial charge in [-0.25, -0.2) is 0 Å². The van der Waals surface area contributed by atoms with Crippen LogP contribution in [0.15, 0.2) is 48.7 Å². The average molecular weight is 376 g/mol. The Morgan fingerprint density at radius 1 is 1.00 bits per heavy atom. The second kappa shape index (κ2) is 7.26. The fourth-order valence-corrected chi connectivity index (χ4v) is 4.46. The van der Waals surface area contributed by atoms with Crippen molar-refractivity contribution in [3.05, 3.63) is 60.0 Å². The highest BCUT2D eigenvalue weighted by atomic mass is 16.5. The Morgan fingerprint density at radius 2 is 1.82 bits per heavy atom. The molecule has 0 unspecified atom stereocenters. The molecule has 0 saturated carbocycles. The molecule has 0 spiro atoms. The van der Waals surface area contributed by atoms with E-state index in [4.69, 9.17) is 4.74 Å². The number of hydrogen-bond acceptors (Lipinski definition) is 4. The van der Waals surface area contributed by atoms with Crippen LogP contribution in [0.3, 0.4) is 0 Å². The van der Waals surface area contributed by atoms with E-state index in [-0.39, 0.29) is 11.8 Å². The Bertz CT molecular complexity index is 991. The summed E-state index contributed by atoms with van der Waals surface area (Å²) in [5.41, 5.74) is 2.02. The topological polar surface area (TPSA) is 59.7 Å². The van der Waals surface area contributed by atoms with Gasteiger partial charge < -0.3 is 9.64 Å². The van der Waals surface area contributed by atoms with Gasteiger partial charge in [0.15, 0.2) is 5.65 Å². The minimum atomic E-state index is 0.00845. The molecule has 1 atom stereocenters. The molecule has 0 radical (unpaired) electrons. The summed E-state index contributed by atoms with van der Waals surface area (Å²) >= 11 is 0. The van der Waals surface area contributed by atoms with E-state index in [0.717, 1.165) is 61.6 Å². The molecule has 2 aromatic heterocycles. The summed E-state index contributed by atoms with van der Waals surface area (Å²) in [4.78, 5) is 15.2. The molecule has 1 aromatic carbocycles. The zero-order chi connectivity index (χ0) is 18.9. The molecule has 1 saturated heterocycles. The maximum Gasteiger partial charge on any atom is 0.226 e. The molecule has 6 heteroatoms. The zero-order valence-electron chi connectivity index (χ0n) is 15.8. The Balaban J connectivity index is 1.26. The number of para-hydroxylation sites is 1. The lowest BCUT2D eigenvalue weighted by Gasteiger charge is -2.33. The molecular weight excluding hydrogens is 352 g/mol. The van der Waals surface area contributed by atoms with Crippen molar-refractivity contribution in [2.24, 2.45) is 5.92 Å². The first-order valence-electron chi connectivity index (χ1n) is 10.1. The van der Waals surface area contributed by atoms with Crippen molar-refractivity contribution in [2.75, 3.05) is 19.7 Å². The van der Waals surface area contributed by atoms with Crippen LogP contribution in [0.2, 0.25) is 0 Å². The number of amides is 1. The summed E-state index contributed by atoms with van der Waals surface area (Å²) in [6.07, 6.45) is 5.43. The van der Waals surface area contributed by atoms with Crippen LogP contribution in [0.5, 0.6) is 5.75 Å². The van der Waals surface area contributed by atoms with E-state index in [2.05, 4.69) is 20.7 Å². The Morgan fingerprint density at radius 3 is 2.71 bits per heavy atom. The van der Waals surface area contributed by atoms with Gasteiger partial charge in [0.1, 0.15) is 11.6 Å². The van der Waals surface area contributed by atoms with Gasteiger partial charge in [0.2, 0.25) is 5.91 Å². The van der Waals surface area contributed by atoms with Crippen molar-refractivity contribution in [3.63, 3.8) is 0 Å². The van der Waals surface area contributed by atoms with Crippen LogP contribution in [0.25, 0.3) is 5.65 Å². The number of piperidine rings is 1. The van der Waals surface area contributed by atoms with Crippen molar-refractivity contribution < 1.29 is 9.53 Å². The fourth-order valence-electron chi connectivity index (χ4n) is 4.46. The van der Waals surface area contributed by atoms with Crippen LogP contribution < -0.4 is 4.74 Å². The van der Waals surface area contributed by atoms with Crippen LogP contribution in [0.4, 0.5) is 0 Å². The molecule has 28 heavy (non-hydrogen) atoms. The third-order valence-corrected chi connectivity index (χ3v) is 6.02. The lowest BCUT2D eigenvalue weighted by Crippen LogP contribution is -2.42. The molecule has 6 nitrogen and oxygen atoms in total. The van der Waals surface area contributed by atoms with Gasteiger partial charge in [0, 0.05) is 31.1 Å². The third kappa shape index (κ3) is 3.13. The summed E-state index contributed by atoms with van der Waals surface area (Å²) in [6.45, 7) is 2.17. The van der Waals surface area contributed by atoms with Crippen LogP contribution in [-0.4, -0.2) is 45.1 Å². The smallest absolute Gasteiger partial charge is 0.226 e. The van der Waals surface area contributed by atoms with Crippen LogP contribution in [0, 0.1) is 5.92 Å². The quantitative estimate of drug-likeness (QED) is 0.690. The summed E-state index contributed by atoms with van der Waals surface area (Å²) in [7, 11) is 0. The van der Waals surface area contributed by atoms with Crippen molar-refractivity contribution in [1.82, 2.24) is 19.5 Å². The molecule has 0 bridgehead atoms. The molecule has 144 valence electrons. The van der Waals surface area contributed by atoms with Crippen molar-refractivity contribution in [2.45, 2.75) is 31.6 Å². The maximum atomic E-state index is 13.2. The van der Waals surface area contributed by atoms with E-state index >= 15 is 0 Å². The number of pyridine rings is 1. The number of carbonyl (C=O) groups excluding carboxylic acids is 1. The molecule has 1 amide bonds. The molecule has 0 aliphatic carbocycles. The van der Waals surface area contributed by atoms with Crippen molar-refractivity contribution >= 4 is 11.6 Å². The zero-order valence-corrected chi connectivity index (χ0v) is 15.8. The van der Waals surface area contributed by atoms with Crippen LogP contribution in [-0.2, 0) is 11.2 Å². The molecular formula is C22H24N4O2. The largest absolute Gasteiger partial charge is 0.493 e. The number of fused-ring (bicyclic) bond motifs is 2. The normalized spacial score (nSPS) is 20.4. The number of likely N-dealkylation sites (tertiary alicyclic amines) is 1. The summed E-state index contributed by atoms with van der Waals surface area (Å²) in [6, 6.07) is 14.0. The predicted octanol–water partition coefficient (Wildman–Crippen LogP) is 3.08. The van der Waals surface area contributed by atoms with Crippen LogP contribution in [0.1, 0.15) is 36.6 Å². The highest BCUT2D eigenvalue weighted by Gasteiger charge is 2.31. The summed E-state index contributed by atoms with van der Waals surface area (Å²) < 4.78 is 7.91. The first-order chi connectivity index (χ1) is 13.8. The molecule has 3 aromatic rings. The number of ether oxygens (including phenoxy) is 1. The second-order valence-electron chi connectivity index (χ2n) is 7.73. The van der Waals surface area contributed by atoms with Gasteiger partial charge in [-0.3, -0.25) is 9.20 Å². The number of benzene rings is 1. The number of hydrogen-bond donors (Lipinski definition) is 0. The monoisotopic (exact) mass is 376 g/mol. The second-order valence-corrected chi connectivity index (χ2v) is 7.73. The van der Waals surface area contributed by atoms with E-state index in [1.165, 1.54) is 0 Å². The standard InChI is InChI=1S/C22H24N4O2/c27-22(18-10-14-28-19-6-2-1-5-17(19)15-18)25-12-8-16(9-13-25)21-24-23-20-7-3-4-11-26(20)21/h1-7,11,16,18H,8-10,12-15H2/t18-/m1/s1. The average Bonchev–Trinajstić information content (AvgIpc) is 3.05. The fraction of sp³-hybridized carbons (Fsp3) is 0.409. The minimum absolute atomic E-state index is 0.00845. The van der Waals surface area contributed by atoms with Crippen molar-refractivity contribution in [1.29, 1.82) is 0 Å². The van der Waals surface area contributed by atoms with Gasteiger partial charge in [-0.1, -0.05) is 24.3 Å². The van der Waals surface area contributed by atoms with E-state index < -0.39 is 0 Å². The highest BCUT2D eigenvalue weighted by Crippen LogP contribution is 2.31. The predicted molar refractivity (Wildman–Crippen MR) is 105 cm³/mol. The molecule has 1 fully saturated rings. The Kier molecular flexibility index (Phi) is 4.47. The van der Waals surface area contributed by atoms with E-state index in [9.17, 15) is 4.79 Å². The Labute approximate surface area is 164 Å². The van der Waals surface area contributed by atoms with Gasteiger partial charge >= 0.3 is 0 Å². The number of aromatic nitrogens is 3. The van der Waals surface area contributed by atoms with Gasteiger partial charge in [0.05, 0.1) is 6.61 Å². The van der Waals surface area contributed by atoms with E-state index in [0.29, 0.717) is 12.5 Å². The molecule has 4 heterocycles. The van der Waals surface area contributed by atoms with E-state index in [1.807, 2.05) is 47.5 Å².